The zero-order valence-corrected chi connectivity index (χ0v) is 16.0. The highest BCUT2D eigenvalue weighted by molar-refractivity contribution is 7.87. The van der Waals surface area contributed by atoms with Crippen LogP contribution in [0, 0.1) is 0 Å². The predicted octanol–water partition coefficient (Wildman–Crippen LogP) is 0.706. The summed E-state index contributed by atoms with van der Waals surface area (Å²) in [4.78, 5) is 16.7. The fourth-order valence-electron chi connectivity index (χ4n) is 3.27. The summed E-state index contributed by atoms with van der Waals surface area (Å²) in [6.45, 7) is 0.413. The number of benzene rings is 1. The molecule has 148 valence electrons. The van der Waals surface area contributed by atoms with E-state index in [0.717, 1.165) is 9.87 Å². The largest absolute Gasteiger partial charge is 0.454 e. The van der Waals surface area contributed by atoms with Gasteiger partial charge in [-0.15, -0.1) is 0 Å². The molecule has 2 N–H and O–H groups in total. The number of nitrogens with zero attached hydrogens (tertiary/aromatic N) is 2. The van der Waals surface area contributed by atoms with E-state index in [-0.39, 0.29) is 25.7 Å². The number of carbonyl (C=O) groups is 1. The molecule has 0 aliphatic carbocycles. The van der Waals surface area contributed by atoms with Gasteiger partial charge in [-0.25, -0.2) is 0 Å². The summed E-state index contributed by atoms with van der Waals surface area (Å²) in [7, 11) is -2.42. The van der Waals surface area contributed by atoms with Crippen molar-refractivity contribution in [2.75, 3.05) is 13.8 Å². The van der Waals surface area contributed by atoms with Crippen molar-refractivity contribution in [3.8, 4) is 11.5 Å². The van der Waals surface area contributed by atoms with Gasteiger partial charge < -0.3 is 14.8 Å². The van der Waals surface area contributed by atoms with E-state index in [1.807, 2.05) is 6.07 Å². The van der Waals surface area contributed by atoms with Crippen LogP contribution in [0.4, 0.5) is 0 Å². The van der Waals surface area contributed by atoms with E-state index in [4.69, 9.17) is 9.47 Å². The van der Waals surface area contributed by atoms with Crippen LogP contribution in [0.2, 0.25) is 0 Å². The maximum absolute atomic E-state index is 12.7. The van der Waals surface area contributed by atoms with Gasteiger partial charge in [0, 0.05) is 26.0 Å². The van der Waals surface area contributed by atoms with Crippen LogP contribution in [-0.4, -0.2) is 43.5 Å². The number of nitrogens with one attached hydrogen (secondary N) is 2. The predicted molar refractivity (Wildman–Crippen MR) is 99.6 cm³/mol. The molecule has 0 radical (unpaired) electrons. The second-order valence-corrected chi connectivity index (χ2v) is 8.40. The van der Waals surface area contributed by atoms with Crippen LogP contribution in [0.15, 0.2) is 42.7 Å². The number of carbonyl (C=O) groups excluding carboxylic acids is 1. The van der Waals surface area contributed by atoms with Gasteiger partial charge in [0.2, 0.25) is 12.7 Å². The third-order valence-electron chi connectivity index (χ3n) is 4.86. The van der Waals surface area contributed by atoms with Gasteiger partial charge in [-0.05, 0) is 35.7 Å². The van der Waals surface area contributed by atoms with Crippen LogP contribution in [0.25, 0.3) is 0 Å². The smallest absolute Gasteiger partial charge is 0.280 e. The number of fused-ring (bicyclic) bond motifs is 1. The molecule has 0 spiro atoms. The van der Waals surface area contributed by atoms with Gasteiger partial charge >= 0.3 is 0 Å². The lowest BCUT2D eigenvalue weighted by atomic mass is 9.99. The van der Waals surface area contributed by atoms with Crippen LogP contribution in [-0.2, 0) is 21.5 Å². The fourth-order valence-corrected chi connectivity index (χ4v) is 4.54. The molecule has 3 heterocycles. The Morgan fingerprint density at radius 2 is 2.14 bits per heavy atom. The Kier molecular flexibility index (Phi) is 4.92. The minimum absolute atomic E-state index is 0.136. The van der Waals surface area contributed by atoms with E-state index in [9.17, 15) is 13.2 Å². The van der Waals surface area contributed by atoms with Gasteiger partial charge in [-0.3, -0.25) is 9.78 Å². The summed E-state index contributed by atoms with van der Waals surface area (Å²) in [5.74, 6) is 0.820. The summed E-state index contributed by atoms with van der Waals surface area (Å²) in [6.07, 6.45) is 3.58. The van der Waals surface area contributed by atoms with Crippen molar-refractivity contribution in [3.63, 3.8) is 0 Å². The van der Waals surface area contributed by atoms with Gasteiger partial charge in [0.25, 0.3) is 10.2 Å². The molecule has 1 aromatic carbocycles. The molecule has 2 aromatic rings. The maximum atomic E-state index is 12.7. The number of aromatic nitrogens is 1. The Morgan fingerprint density at radius 1 is 1.32 bits per heavy atom. The normalized spacial score (nSPS) is 23.3. The number of rotatable bonds is 4. The first-order valence-electron chi connectivity index (χ1n) is 8.75. The Bertz CT molecular complexity index is 983. The molecular weight excluding hydrogens is 384 g/mol. The molecule has 9 nitrogen and oxygen atoms in total. The summed E-state index contributed by atoms with van der Waals surface area (Å²) in [5, 5.41) is 2.79. The Hall–Kier alpha value is -2.69. The Morgan fingerprint density at radius 3 is 2.93 bits per heavy atom. The van der Waals surface area contributed by atoms with Crippen molar-refractivity contribution < 1.29 is 22.7 Å². The first kappa shape index (κ1) is 18.7. The number of pyridine rings is 1. The maximum Gasteiger partial charge on any atom is 0.280 e. The van der Waals surface area contributed by atoms with Gasteiger partial charge in [0.05, 0.1) is 6.04 Å². The molecule has 1 saturated heterocycles. The van der Waals surface area contributed by atoms with Crippen LogP contribution >= 0.6 is 0 Å². The number of likely N-dealkylation sites (N-methyl/N-ethyl adjacent to an activating group) is 1. The van der Waals surface area contributed by atoms with E-state index in [2.05, 4.69) is 15.0 Å². The van der Waals surface area contributed by atoms with Crippen molar-refractivity contribution in [1.29, 1.82) is 0 Å². The van der Waals surface area contributed by atoms with Gasteiger partial charge in [0.15, 0.2) is 11.5 Å². The quantitative estimate of drug-likeness (QED) is 0.777. The van der Waals surface area contributed by atoms with Gasteiger partial charge in [0.1, 0.15) is 6.04 Å². The lowest BCUT2D eigenvalue weighted by Crippen LogP contribution is -2.57. The highest BCUT2D eigenvalue weighted by atomic mass is 32.2. The van der Waals surface area contributed by atoms with Crippen molar-refractivity contribution in [2.24, 2.45) is 0 Å². The first-order valence-corrected chi connectivity index (χ1v) is 10.2. The average Bonchev–Trinajstić information content (AvgIpc) is 3.16. The zero-order valence-electron chi connectivity index (χ0n) is 15.2. The Balaban J connectivity index is 1.52. The summed E-state index contributed by atoms with van der Waals surface area (Å²) < 4.78 is 39.5. The second kappa shape index (κ2) is 7.38. The molecular formula is C18H20N4O5S. The third kappa shape index (κ3) is 3.66. The molecule has 10 heteroatoms. The number of amides is 1. The zero-order chi connectivity index (χ0) is 19.7. The minimum atomic E-state index is -3.81. The van der Waals surface area contributed by atoms with E-state index in [1.54, 1.807) is 36.7 Å². The first-order chi connectivity index (χ1) is 13.4. The van der Waals surface area contributed by atoms with Crippen molar-refractivity contribution in [1.82, 2.24) is 19.3 Å². The molecule has 28 heavy (non-hydrogen) atoms. The van der Waals surface area contributed by atoms with Crippen LogP contribution in [0.1, 0.15) is 23.6 Å². The third-order valence-corrected chi connectivity index (χ3v) is 6.45. The minimum Gasteiger partial charge on any atom is -0.454 e. The van der Waals surface area contributed by atoms with E-state index < -0.39 is 22.3 Å². The van der Waals surface area contributed by atoms with Crippen LogP contribution in [0.3, 0.4) is 0 Å². The lowest BCUT2D eigenvalue weighted by Gasteiger charge is -2.36. The Labute approximate surface area is 162 Å². The summed E-state index contributed by atoms with van der Waals surface area (Å²) in [5.41, 5.74) is 1.55. The van der Waals surface area contributed by atoms with Crippen molar-refractivity contribution in [2.45, 2.75) is 25.0 Å². The number of ether oxygens (including phenoxy) is 2. The highest BCUT2D eigenvalue weighted by Gasteiger charge is 2.40. The van der Waals surface area contributed by atoms with Crippen molar-refractivity contribution >= 4 is 16.1 Å². The fraction of sp³-hybridized carbons (Fsp3) is 0.333. The molecule has 1 amide bonds. The molecule has 2 aliphatic rings. The molecule has 4 rings (SSSR count). The van der Waals surface area contributed by atoms with Gasteiger partial charge in [-0.1, -0.05) is 12.1 Å². The standard InChI is InChI=1S/C18H20N4O5S/c1-22-15(18(23)20-10-12-3-2-6-19-9-12)8-14(21-28(22,24)25)13-4-5-16-17(7-13)27-11-26-16/h2-7,9,14-15,21H,8,10-11H2,1H3,(H,20,23). The average molecular weight is 404 g/mol. The van der Waals surface area contributed by atoms with Crippen molar-refractivity contribution in [3.05, 3.63) is 53.9 Å². The van der Waals surface area contributed by atoms with E-state index >= 15 is 0 Å². The number of hydrogen-bond donors (Lipinski definition) is 2. The molecule has 0 saturated carbocycles. The molecule has 0 bridgehead atoms. The second-order valence-electron chi connectivity index (χ2n) is 6.63. The molecule has 2 atom stereocenters. The molecule has 1 aromatic heterocycles. The van der Waals surface area contributed by atoms with E-state index in [0.29, 0.717) is 17.1 Å². The van der Waals surface area contributed by atoms with Crippen LogP contribution in [0.5, 0.6) is 11.5 Å². The van der Waals surface area contributed by atoms with E-state index in [1.165, 1.54) is 7.05 Å². The number of hydrogen-bond acceptors (Lipinski definition) is 6. The molecule has 1 fully saturated rings. The monoisotopic (exact) mass is 404 g/mol. The SMILES string of the molecule is CN1C(C(=O)NCc2cccnc2)CC(c2ccc3c(c2)OCO3)NS1(=O)=O. The summed E-state index contributed by atoms with van der Waals surface area (Å²) >= 11 is 0. The molecule has 2 aliphatic heterocycles. The van der Waals surface area contributed by atoms with Crippen LogP contribution < -0.4 is 19.5 Å². The summed E-state index contributed by atoms with van der Waals surface area (Å²) in [6, 6.07) is 7.48. The molecule has 2 unspecified atom stereocenters. The topological polar surface area (TPSA) is 110 Å². The van der Waals surface area contributed by atoms with Gasteiger partial charge in [-0.2, -0.15) is 17.4 Å². The highest BCUT2D eigenvalue weighted by Crippen LogP contribution is 2.36. The lowest BCUT2D eigenvalue weighted by molar-refractivity contribution is -0.125.